The third-order valence-corrected chi connectivity index (χ3v) is 5.63. The molecule has 0 aliphatic carbocycles. The summed E-state index contributed by atoms with van der Waals surface area (Å²) in [6.07, 6.45) is 0.434. The number of methoxy groups -OCH3 is 2. The van der Waals surface area contributed by atoms with Gasteiger partial charge in [0.05, 0.1) is 25.8 Å². The molecular formula is C23H25ClN4O4. The molecular weight excluding hydrogens is 432 g/mol. The molecule has 0 saturated carbocycles. The lowest BCUT2D eigenvalue weighted by molar-refractivity contribution is -0.122. The number of carbonyl (C=O) groups excluding carboxylic acids is 1. The van der Waals surface area contributed by atoms with E-state index in [2.05, 4.69) is 15.4 Å². The molecule has 8 nitrogen and oxygen atoms in total. The van der Waals surface area contributed by atoms with Crippen LogP contribution in [0.5, 0.6) is 17.2 Å². The lowest BCUT2D eigenvalue weighted by Gasteiger charge is -2.13. The molecule has 0 spiro atoms. The van der Waals surface area contributed by atoms with E-state index in [0.29, 0.717) is 35.4 Å². The van der Waals surface area contributed by atoms with E-state index in [0.717, 1.165) is 28.2 Å². The minimum Gasteiger partial charge on any atom is -0.497 e. The Morgan fingerprint density at radius 3 is 2.75 bits per heavy atom. The highest BCUT2D eigenvalue weighted by molar-refractivity contribution is 6.32. The van der Waals surface area contributed by atoms with Crippen LogP contribution < -0.4 is 19.5 Å². The standard InChI is InChI=1S/C23H25ClN4O4/c1-13-26-14(2)28(27-13)12-22(29)25-11-18-8-16-7-15(9-20(24)23(16)32-18)19-10-17(30-3)5-6-21(19)31-4/h5-7,9-10,18H,8,11-12H2,1-4H3,(H,25,29)/t18-/m0/s1. The zero-order valence-corrected chi connectivity index (χ0v) is 19.2. The third-order valence-electron chi connectivity index (χ3n) is 5.35. The predicted octanol–water partition coefficient (Wildman–Crippen LogP) is 3.35. The van der Waals surface area contributed by atoms with Crippen molar-refractivity contribution in [2.45, 2.75) is 32.9 Å². The summed E-state index contributed by atoms with van der Waals surface area (Å²) in [6, 6.07) is 9.53. The van der Waals surface area contributed by atoms with Crippen LogP contribution in [-0.2, 0) is 17.8 Å². The van der Waals surface area contributed by atoms with Crippen LogP contribution in [-0.4, -0.2) is 47.5 Å². The quantitative estimate of drug-likeness (QED) is 0.586. The first kappa shape index (κ1) is 22.0. The summed E-state index contributed by atoms with van der Waals surface area (Å²) < 4.78 is 18.5. The number of amides is 1. The van der Waals surface area contributed by atoms with Crippen LogP contribution in [0.25, 0.3) is 11.1 Å². The summed E-state index contributed by atoms with van der Waals surface area (Å²) in [5.41, 5.74) is 2.78. The average molecular weight is 457 g/mol. The molecule has 2 aromatic carbocycles. The molecule has 0 unspecified atom stereocenters. The maximum absolute atomic E-state index is 12.3. The molecule has 1 amide bonds. The minimum atomic E-state index is -0.201. The summed E-state index contributed by atoms with van der Waals surface area (Å²) >= 11 is 6.55. The van der Waals surface area contributed by atoms with Gasteiger partial charge in [0, 0.05) is 17.5 Å². The highest BCUT2D eigenvalue weighted by Crippen LogP contribution is 2.42. The van der Waals surface area contributed by atoms with Gasteiger partial charge in [-0.15, -0.1) is 0 Å². The maximum atomic E-state index is 12.3. The number of aryl methyl sites for hydroxylation is 2. The van der Waals surface area contributed by atoms with Gasteiger partial charge in [0.1, 0.15) is 41.5 Å². The van der Waals surface area contributed by atoms with E-state index >= 15 is 0 Å². The van der Waals surface area contributed by atoms with Gasteiger partial charge in [-0.1, -0.05) is 11.6 Å². The number of rotatable bonds is 7. The lowest BCUT2D eigenvalue weighted by Crippen LogP contribution is -2.36. The summed E-state index contributed by atoms with van der Waals surface area (Å²) in [5.74, 6) is 3.30. The Labute approximate surface area is 191 Å². The van der Waals surface area contributed by atoms with Crippen molar-refractivity contribution in [3.8, 4) is 28.4 Å². The number of hydrogen-bond acceptors (Lipinski definition) is 6. The number of benzene rings is 2. The highest BCUT2D eigenvalue weighted by Gasteiger charge is 2.27. The number of nitrogens with zero attached hydrogens (tertiary/aromatic N) is 3. The molecule has 1 N–H and O–H groups in total. The van der Waals surface area contributed by atoms with E-state index in [1.165, 1.54) is 0 Å². The van der Waals surface area contributed by atoms with Crippen LogP contribution in [0.15, 0.2) is 30.3 Å². The first-order chi connectivity index (χ1) is 15.4. The average Bonchev–Trinajstić information content (AvgIpc) is 3.33. The molecule has 1 aliphatic heterocycles. The van der Waals surface area contributed by atoms with E-state index in [1.807, 2.05) is 37.3 Å². The van der Waals surface area contributed by atoms with Gasteiger partial charge in [-0.2, -0.15) is 5.10 Å². The zero-order chi connectivity index (χ0) is 22.8. The monoisotopic (exact) mass is 456 g/mol. The van der Waals surface area contributed by atoms with E-state index < -0.39 is 0 Å². The van der Waals surface area contributed by atoms with Crippen molar-refractivity contribution < 1.29 is 19.0 Å². The normalized spacial score (nSPS) is 14.6. The molecule has 0 fully saturated rings. The van der Waals surface area contributed by atoms with Crippen LogP contribution >= 0.6 is 11.6 Å². The SMILES string of the molecule is COc1ccc(OC)c(-c2cc(Cl)c3c(c2)C[C@@H](CNC(=O)Cn2nc(C)nc2C)O3)c1. The van der Waals surface area contributed by atoms with Crippen molar-refractivity contribution in [1.29, 1.82) is 0 Å². The summed E-state index contributed by atoms with van der Waals surface area (Å²) in [5, 5.41) is 7.65. The van der Waals surface area contributed by atoms with Gasteiger partial charge in [0.15, 0.2) is 0 Å². The maximum Gasteiger partial charge on any atom is 0.241 e. The van der Waals surface area contributed by atoms with Crippen molar-refractivity contribution in [1.82, 2.24) is 20.1 Å². The number of halogens is 1. The Bertz CT molecular complexity index is 1160. The van der Waals surface area contributed by atoms with Crippen LogP contribution in [0, 0.1) is 13.8 Å². The predicted molar refractivity (Wildman–Crippen MR) is 121 cm³/mol. The molecule has 9 heteroatoms. The molecule has 2 heterocycles. The van der Waals surface area contributed by atoms with E-state index in [4.69, 9.17) is 25.8 Å². The molecule has 168 valence electrons. The Hall–Kier alpha value is -3.26. The lowest BCUT2D eigenvalue weighted by atomic mass is 9.99. The van der Waals surface area contributed by atoms with Crippen molar-refractivity contribution in [3.63, 3.8) is 0 Å². The molecule has 32 heavy (non-hydrogen) atoms. The van der Waals surface area contributed by atoms with E-state index in [1.54, 1.807) is 25.8 Å². The Kier molecular flexibility index (Phi) is 6.23. The van der Waals surface area contributed by atoms with Gasteiger partial charge < -0.3 is 19.5 Å². The van der Waals surface area contributed by atoms with E-state index in [9.17, 15) is 4.79 Å². The first-order valence-electron chi connectivity index (χ1n) is 10.2. The van der Waals surface area contributed by atoms with Gasteiger partial charge in [-0.25, -0.2) is 9.67 Å². The number of hydrogen-bond donors (Lipinski definition) is 1. The smallest absolute Gasteiger partial charge is 0.241 e. The van der Waals surface area contributed by atoms with Gasteiger partial charge in [-0.05, 0) is 49.7 Å². The van der Waals surface area contributed by atoms with Gasteiger partial charge >= 0.3 is 0 Å². The molecule has 1 aliphatic rings. The Balaban J connectivity index is 1.45. The van der Waals surface area contributed by atoms with Gasteiger partial charge in [0.25, 0.3) is 0 Å². The fourth-order valence-electron chi connectivity index (χ4n) is 3.83. The Morgan fingerprint density at radius 1 is 1.25 bits per heavy atom. The largest absolute Gasteiger partial charge is 0.497 e. The summed E-state index contributed by atoms with van der Waals surface area (Å²) in [4.78, 5) is 16.5. The summed E-state index contributed by atoms with van der Waals surface area (Å²) in [6.45, 7) is 4.10. The van der Waals surface area contributed by atoms with Gasteiger partial charge in [-0.3, -0.25) is 4.79 Å². The molecule has 0 saturated heterocycles. The van der Waals surface area contributed by atoms with Crippen molar-refractivity contribution in [2.24, 2.45) is 0 Å². The van der Waals surface area contributed by atoms with Crippen LogP contribution in [0.2, 0.25) is 5.02 Å². The van der Waals surface area contributed by atoms with Crippen LogP contribution in [0.4, 0.5) is 0 Å². The van der Waals surface area contributed by atoms with Crippen LogP contribution in [0.1, 0.15) is 17.2 Å². The number of nitrogens with one attached hydrogen (secondary N) is 1. The Morgan fingerprint density at radius 2 is 2.06 bits per heavy atom. The molecule has 4 rings (SSSR count). The number of ether oxygens (including phenoxy) is 3. The molecule has 0 radical (unpaired) electrons. The number of carbonyl (C=O) groups is 1. The van der Waals surface area contributed by atoms with Gasteiger partial charge in [0.2, 0.25) is 5.91 Å². The molecule has 0 bridgehead atoms. The van der Waals surface area contributed by atoms with E-state index in [-0.39, 0.29) is 18.6 Å². The van der Waals surface area contributed by atoms with Crippen molar-refractivity contribution in [2.75, 3.05) is 20.8 Å². The second-order valence-electron chi connectivity index (χ2n) is 7.62. The number of fused-ring (bicyclic) bond motifs is 1. The van der Waals surface area contributed by atoms with Crippen molar-refractivity contribution >= 4 is 17.5 Å². The second-order valence-corrected chi connectivity index (χ2v) is 8.03. The first-order valence-corrected chi connectivity index (χ1v) is 10.6. The van der Waals surface area contributed by atoms with Crippen molar-refractivity contribution in [3.05, 3.63) is 52.6 Å². The zero-order valence-electron chi connectivity index (χ0n) is 18.4. The third kappa shape index (κ3) is 4.50. The summed E-state index contributed by atoms with van der Waals surface area (Å²) in [7, 11) is 3.25. The molecule has 1 aromatic heterocycles. The molecule has 3 aromatic rings. The second kappa shape index (κ2) is 9.08. The topological polar surface area (TPSA) is 87.5 Å². The van der Waals surface area contributed by atoms with Crippen LogP contribution in [0.3, 0.4) is 0 Å². The number of aromatic nitrogens is 3. The highest BCUT2D eigenvalue weighted by atomic mass is 35.5. The fourth-order valence-corrected chi connectivity index (χ4v) is 4.11. The molecule has 1 atom stereocenters. The fraction of sp³-hybridized carbons (Fsp3) is 0.348. The minimum absolute atomic E-state index is 0.118.